The molecule has 0 bridgehead atoms. The summed E-state index contributed by atoms with van der Waals surface area (Å²) in [5.41, 5.74) is 0. The van der Waals surface area contributed by atoms with E-state index in [1.165, 1.54) is 0 Å². The summed E-state index contributed by atoms with van der Waals surface area (Å²) in [6.07, 6.45) is -2.97. The second kappa shape index (κ2) is 2.84. The Bertz CT molecular complexity index is 90.3. The maximum absolute atomic E-state index is 9.07. The number of ether oxygens (including phenoxy) is 1. The number of hydrogen-bond acceptors (Lipinski definition) is 4. The number of aliphatic hydroxyl groups excluding tert-OH is 3. The van der Waals surface area contributed by atoms with E-state index in [-0.39, 0.29) is 6.42 Å². The van der Waals surface area contributed by atoms with Crippen LogP contribution in [0, 0.1) is 0 Å². The summed E-state index contributed by atoms with van der Waals surface area (Å²) in [6, 6.07) is 0. The van der Waals surface area contributed by atoms with Gasteiger partial charge in [0, 0.05) is 6.42 Å². The van der Waals surface area contributed by atoms with Gasteiger partial charge in [0.2, 0.25) is 0 Å². The molecule has 2 unspecified atom stereocenters. The van der Waals surface area contributed by atoms with Crippen molar-refractivity contribution < 1.29 is 20.1 Å². The van der Waals surface area contributed by atoms with E-state index in [0.717, 1.165) is 0 Å². The molecular formula is C6H12O4. The van der Waals surface area contributed by atoms with Crippen LogP contribution in [0.4, 0.5) is 0 Å². The van der Waals surface area contributed by atoms with Gasteiger partial charge in [0.1, 0.15) is 6.10 Å². The first-order valence-corrected chi connectivity index (χ1v) is 3.31. The molecule has 0 amide bonds. The molecule has 0 radical (unpaired) electrons. The average molecular weight is 148 g/mol. The Morgan fingerprint density at radius 2 is 1.80 bits per heavy atom. The molecule has 0 aromatic rings. The van der Waals surface area contributed by atoms with E-state index in [2.05, 4.69) is 0 Å². The minimum atomic E-state index is -1.14. The molecule has 4 heteroatoms. The van der Waals surface area contributed by atoms with Crippen LogP contribution < -0.4 is 0 Å². The van der Waals surface area contributed by atoms with Crippen molar-refractivity contribution in [1.82, 2.24) is 0 Å². The van der Waals surface area contributed by atoms with Crippen molar-refractivity contribution in [3.63, 3.8) is 0 Å². The lowest BCUT2D eigenvalue weighted by molar-refractivity contribution is -0.240. The smallest absolute Gasteiger partial charge is 0.181 e. The van der Waals surface area contributed by atoms with Gasteiger partial charge in [0.25, 0.3) is 0 Å². The molecule has 0 saturated carbocycles. The van der Waals surface area contributed by atoms with Gasteiger partial charge in [-0.2, -0.15) is 0 Å². The van der Waals surface area contributed by atoms with Crippen LogP contribution in [-0.4, -0.2) is 39.9 Å². The molecule has 3 N–H and O–H groups in total. The molecule has 1 fully saturated rings. The van der Waals surface area contributed by atoms with Crippen molar-refractivity contribution >= 4 is 0 Å². The predicted molar refractivity (Wildman–Crippen MR) is 33.2 cm³/mol. The summed E-state index contributed by atoms with van der Waals surface area (Å²) in [5.74, 6) is 0. The van der Waals surface area contributed by atoms with Gasteiger partial charge in [-0.1, -0.05) is 0 Å². The van der Waals surface area contributed by atoms with Gasteiger partial charge in [-0.3, -0.25) is 0 Å². The van der Waals surface area contributed by atoms with Gasteiger partial charge in [0.15, 0.2) is 6.29 Å². The van der Waals surface area contributed by atoms with Gasteiger partial charge in [-0.25, -0.2) is 0 Å². The highest BCUT2D eigenvalue weighted by Gasteiger charge is 2.32. The third kappa shape index (κ3) is 1.46. The van der Waals surface area contributed by atoms with Crippen LogP contribution in [0.15, 0.2) is 0 Å². The summed E-state index contributed by atoms with van der Waals surface area (Å²) in [5, 5.41) is 26.9. The van der Waals surface area contributed by atoms with Crippen molar-refractivity contribution in [2.24, 2.45) is 0 Å². The summed E-state index contributed by atoms with van der Waals surface area (Å²) in [7, 11) is 0. The molecule has 1 saturated heterocycles. The second-order valence-electron chi connectivity index (χ2n) is 2.60. The monoisotopic (exact) mass is 148 g/mol. The first-order valence-electron chi connectivity index (χ1n) is 3.31. The summed E-state index contributed by atoms with van der Waals surface area (Å²) in [4.78, 5) is 0. The lowest BCUT2D eigenvalue weighted by atomic mass is 10.0. The molecule has 0 aromatic carbocycles. The summed E-state index contributed by atoms with van der Waals surface area (Å²) in [6.45, 7) is 1.65. The highest BCUT2D eigenvalue weighted by atomic mass is 16.6. The average Bonchev–Trinajstić information content (AvgIpc) is 1.84. The first kappa shape index (κ1) is 7.94. The zero-order valence-electron chi connectivity index (χ0n) is 5.77. The topological polar surface area (TPSA) is 69.9 Å². The maximum atomic E-state index is 9.07. The Kier molecular flexibility index (Phi) is 2.25. The molecule has 4 atom stereocenters. The Labute approximate surface area is 59.1 Å². The third-order valence-electron chi connectivity index (χ3n) is 1.71. The molecule has 1 heterocycles. The largest absolute Gasteiger partial charge is 0.390 e. The molecule has 0 aromatic heterocycles. The van der Waals surface area contributed by atoms with Crippen molar-refractivity contribution in [1.29, 1.82) is 0 Å². The fourth-order valence-corrected chi connectivity index (χ4v) is 0.957. The molecule has 1 aliphatic rings. The molecule has 1 aliphatic heterocycles. The van der Waals surface area contributed by atoms with E-state index >= 15 is 0 Å². The molecule has 0 aliphatic carbocycles. The van der Waals surface area contributed by atoms with Crippen LogP contribution in [0.3, 0.4) is 0 Å². The minimum absolute atomic E-state index is 0.183. The van der Waals surface area contributed by atoms with Crippen molar-refractivity contribution in [3.8, 4) is 0 Å². The number of aliphatic hydroxyl groups is 3. The SMILES string of the molecule is C[C@@H]1OC(O)[C@H](O)CC1O. The molecule has 4 nitrogen and oxygen atoms in total. The molecule has 0 spiro atoms. The van der Waals surface area contributed by atoms with E-state index < -0.39 is 24.6 Å². The van der Waals surface area contributed by atoms with Crippen LogP contribution in [0.1, 0.15) is 13.3 Å². The fourth-order valence-electron chi connectivity index (χ4n) is 0.957. The van der Waals surface area contributed by atoms with Crippen molar-refractivity contribution in [2.75, 3.05) is 0 Å². The highest BCUT2D eigenvalue weighted by molar-refractivity contribution is 4.76. The van der Waals surface area contributed by atoms with Crippen LogP contribution >= 0.6 is 0 Å². The van der Waals surface area contributed by atoms with Crippen molar-refractivity contribution in [3.05, 3.63) is 0 Å². The van der Waals surface area contributed by atoms with Gasteiger partial charge in [-0.15, -0.1) is 0 Å². The van der Waals surface area contributed by atoms with Gasteiger partial charge in [-0.05, 0) is 6.92 Å². The standard InChI is InChI=1S/C6H12O4/c1-3-4(7)2-5(8)6(9)10-3/h3-9H,2H2,1H3/t3-,4?,5+,6?/m0/s1. The van der Waals surface area contributed by atoms with E-state index in [4.69, 9.17) is 20.1 Å². The Hall–Kier alpha value is -0.160. The summed E-state index contributed by atoms with van der Waals surface area (Å²) >= 11 is 0. The molecule has 1 rings (SSSR count). The quantitative estimate of drug-likeness (QED) is 0.405. The maximum Gasteiger partial charge on any atom is 0.181 e. The number of rotatable bonds is 0. The van der Waals surface area contributed by atoms with E-state index in [9.17, 15) is 0 Å². The Balaban J connectivity index is 2.46. The van der Waals surface area contributed by atoms with Crippen LogP contribution in [0.5, 0.6) is 0 Å². The minimum Gasteiger partial charge on any atom is -0.390 e. The molecule has 10 heavy (non-hydrogen) atoms. The molecule has 60 valence electrons. The van der Waals surface area contributed by atoms with Crippen LogP contribution in [0.2, 0.25) is 0 Å². The summed E-state index contributed by atoms with van der Waals surface area (Å²) < 4.78 is 4.77. The van der Waals surface area contributed by atoms with Crippen LogP contribution in [0.25, 0.3) is 0 Å². The zero-order valence-corrected chi connectivity index (χ0v) is 5.77. The second-order valence-corrected chi connectivity index (χ2v) is 2.60. The fraction of sp³-hybridized carbons (Fsp3) is 1.00. The van der Waals surface area contributed by atoms with Crippen molar-refractivity contribution in [2.45, 2.75) is 37.9 Å². The Morgan fingerprint density at radius 1 is 1.20 bits per heavy atom. The van der Waals surface area contributed by atoms with Gasteiger partial charge >= 0.3 is 0 Å². The van der Waals surface area contributed by atoms with E-state index in [1.807, 2.05) is 0 Å². The number of hydrogen-bond donors (Lipinski definition) is 3. The van der Waals surface area contributed by atoms with E-state index in [0.29, 0.717) is 0 Å². The van der Waals surface area contributed by atoms with Gasteiger partial charge in [0.05, 0.1) is 12.2 Å². The third-order valence-corrected chi connectivity index (χ3v) is 1.71. The van der Waals surface area contributed by atoms with E-state index in [1.54, 1.807) is 6.92 Å². The lowest BCUT2D eigenvalue weighted by Crippen LogP contribution is -2.45. The van der Waals surface area contributed by atoms with Gasteiger partial charge < -0.3 is 20.1 Å². The predicted octanol–water partition coefficient (Wildman–Crippen LogP) is -1.16. The zero-order chi connectivity index (χ0) is 7.72. The highest BCUT2D eigenvalue weighted by Crippen LogP contribution is 2.17. The Morgan fingerprint density at radius 3 is 2.30 bits per heavy atom. The normalized spacial score (nSPS) is 49.2. The molecular weight excluding hydrogens is 136 g/mol. The van der Waals surface area contributed by atoms with Crippen LogP contribution in [-0.2, 0) is 4.74 Å². The first-order chi connectivity index (χ1) is 4.61. The lowest BCUT2D eigenvalue weighted by Gasteiger charge is -2.32.